The molecule has 1 amide bonds. The van der Waals surface area contributed by atoms with Crippen molar-refractivity contribution in [1.29, 1.82) is 0 Å². The summed E-state index contributed by atoms with van der Waals surface area (Å²) in [6, 6.07) is 12.2. The molecule has 1 aromatic heterocycles. The van der Waals surface area contributed by atoms with E-state index in [4.69, 9.17) is 11.6 Å². The van der Waals surface area contributed by atoms with Crippen molar-refractivity contribution < 1.29 is 14.7 Å². The lowest BCUT2D eigenvalue weighted by atomic mass is 9.93. The second-order valence-electron chi connectivity index (χ2n) is 8.29. The molecule has 0 spiro atoms. The molecule has 0 fully saturated rings. The Labute approximate surface area is 190 Å². The number of carboxylic acids is 1. The summed E-state index contributed by atoms with van der Waals surface area (Å²) in [5, 5.41) is 15.1. The zero-order valence-electron chi connectivity index (χ0n) is 17.4. The fraction of sp³-hybridized carbons (Fsp3) is 0.292. The summed E-state index contributed by atoms with van der Waals surface area (Å²) in [5.74, 6) is -1.46. The molecule has 0 aliphatic heterocycles. The number of aromatic nitrogens is 1. The Kier molecular flexibility index (Phi) is 5.86. The predicted molar refractivity (Wildman–Crippen MR) is 124 cm³/mol. The maximum atomic E-state index is 12.3. The van der Waals surface area contributed by atoms with Gasteiger partial charge in [0, 0.05) is 16.0 Å². The molecule has 0 bridgehead atoms. The highest BCUT2D eigenvalue weighted by molar-refractivity contribution is 7.13. The van der Waals surface area contributed by atoms with Crippen molar-refractivity contribution >= 4 is 34.8 Å². The van der Waals surface area contributed by atoms with Crippen molar-refractivity contribution in [2.75, 3.05) is 0 Å². The van der Waals surface area contributed by atoms with Crippen molar-refractivity contribution in [2.45, 2.75) is 45.1 Å². The summed E-state index contributed by atoms with van der Waals surface area (Å²) < 4.78 is 0. The molecule has 1 heterocycles. The molecular formula is C24H23ClN2O3S. The van der Waals surface area contributed by atoms with Gasteiger partial charge in [-0.2, -0.15) is 0 Å². The molecule has 7 heteroatoms. The van der Waals surface area contributed by atoms with Crippen LogP contribution in [-0.4, -0.2) is 27.5 Å². The van der Waals surface area contributed by atoms with Gasteiger partial charge < -0.3 is 10.4 Å². The molecule has 160 valence electrons. The van der Waals surface area contributed by atoms with E-state index in [1.165, 1.54) is 41.9 Å². The molecule has 0 saturated heterocycles. The monoisotopic (exact) mass is 454 g/mol. The maximum Gasteiger partial charge on any atom is 0.328 e. The number of nitrogens with one attached hydrogen (secondary N) is 1. The van der Waals surface area contributed by atoms with E-state index in [0.717, 1.165) is 35.4 Å². The number of carbonyl (C=O) groups is 2. The van der Waals surface area contributed by atoms with Crippen molar-refractivity contribution in [2.24, 2.45) is 0 Å². The zero-order chi connectivity index (χ0) is 22.2. The van der Waals surface area contributed by atoms with Crippen LogP contribution in [0.3, 0.4) is 0 Å². The topological polar surface area (TPSA) is 79.3 Å². The first-order valence-electron chi connectivity index (χ1n) is 10.1. The number of benzene rings is 2. The second kappa shape index (κ2) is 8.44. The molecule has 0 unspecified atom stereocenters. The summed E-state index contributed by atoms with van der Waals surface area (Å²) >= 11 is 7.81. The van der Waals surface area contributed by atoms with E-state index in [1.807, 2.05) is 23.6 Å². The quantitative estimate of drug-likeness (QED) is 0.540. The van der Waals surface area contributed by atoms with Crippen molar-refractivity contribution in [3.8, 4) is 21.7 Å². The molecule has 4 rings (SSSR count). The number of aryl methyl sites for hydroxylation is 1. The van der Waals surface area contributed by atoms with E-state index in [-0.39, 0.29) is 12.3 Å². The second-order valence-corrected chi connectivity index (χ2v) is 9.58. The predicted octanol–water partition coefficient (Wildman–Crippen LogP) is 5.14. The van der Waals surface area contributed by atoms with Gasteiger partial charge in [-0.15, -0.1) is 11.3 Å². The number of fused-ring (bicyclic) bond motifs is 1. The number of halogens is 1. The van der Waals surface area contributed by atoms with Gasteiger partial charge in [0.1, 0.15) is 10.5 Å². The molecule has 2 aromatic carbocycles. The number of carboxylic acid groups (broad SMARTS) is 1. The number of hydrogen-bond donors (Lipinski definition) is 2. The molecule has 0 saturated carbocycles. The summed E-state index contributed by atoms with van der Waals surface area (Å²) in [7, 11) is 0. The minimum absolute atomic E-state index is 0.0247. The number of rotatable bonds is 6. The molecule has 0 atom stereocenters. The van der Waals surface area contributed by atoms with E-state index in [2.05, 4.69) is 28.5 Å². The summed E-state index contributed by atoms with van der Waals surface area (Å²) in [6.45, 7) is 2.91. The van der Waals surface area contributed by atoms with Gasteiger partial charge in [0.2, 0.25) is 5.91 Å². The van der Waals surface area contributed by atoms with E-state index < -0.39 is 11.5 Å². The third-order valence-corrected chi connectivity index (χ3v) is 6.69. The maximum absolute atomic E-state index is 12.3. The first-order valence-corrected chi connectivity index (χ1v) is 11.4. The standard InChI is InChI=1S/C24H23ClN2O3S/c1-24(2,23(29)30)27-21(28)12-16-13-31-22(26-16)19-10-9-15(25)11-20(19)18-8-4-6-14-5-3-7-17(14)18/h4,6,8-11,13H,3,5,7,12H2,1-2H3,(H,27,28)(H,29,30). The minimum Gasteiger partial charge on any atom is -0.480 e. The molecule has 2 N–H and O–H groups in total. The van der Waals surface area contributed by atoms with Crippen LogP contribution in [0.15, 0.2) is 41.8 Å². The zero-order valence-corrected chi connectivity index (χ0v) is 18.9. The average molecular weight is 455 g/mol. The molecule has 0 radical (unpaired) electrons. The Balaban J connectivity index is 1.64. The van der Waals surface area contributed by atoms with Crippen molar-refractivity contribution in [3.63, 3.8) is 0 Å². The fourth-order valence-corrected chi connectivity index (χ4v) is 4.95. The van der Waals surface area contributed by atoms with Gasteiger partial charge in [-0.1, -0.05) is 29.8 Å². The van der Waals surface area contributed by atoms with Gasteiger partial charge in [0.25, 0.3) is 0 Å². The van der Waals surface area contributed by atoms with E-state index in [1.54, 1.807) is 0 Å². The minimum atomic E-state index is -1.33. The average Bonchev–Trinajstić information content (AvgIpc) is 3.36. The Morgan fingerprint density at radius 1 is 1.16 bits per heavy atom. The first-order chi connectivity index (χ1) is 14.7. The van der Waals surface area contributed by atoms with Crippen LogP contribution in [0.2, 0.25) is 5.02 Å². The lowest BCUT2D eigenvalue weighted by molar-refractivity contribution is -0.145. The van der Waals surface area contributed by atoms with Crippen LogP contribution < -0.4 is 5.32 Å². The third kappa shape index (κ3) is 4.50. The molecular weight excluding hydrogens is 432 g/mol. The first kappa shape index (κ1) is 21.5. The molecule has 5 nitrogen and oxygen atoms in total. The smallest absolute Gasteiger partial charge is 0.328 e. The highest BCUT2D eigenvalue weighted by Gasteiger charge is 2.29. The number of hydrogen-bond acceptors (Lipinski definition) is 4. The SMILES string of the molecule is CC(C)(NC(=O)Cc1csc(-c2ccc(Cl)cc2-c2cccc3c2CCC3)n1)C(=O)O. The highest BCUT2D eigenvalue weighted by Crippen LogP contribution is 2.40. The Hall–Kier alpha value is -2.70. The van der Waals surface area contributed by atoms with Gasteiger partial charge in [-0.25, -0.2) is 9.78 Å². The van der Waals surface area contributed by atoms with Crippen LogP contribution in [0.4, 0.5) is 0 Å². The van der Waals surface area contributed by atoms with Gasteiger partial charge in [-0.05, 0) is 73.6 Å². The Morgan fingerprint density at radius 3 is 2.74 bits per heavy atom. The Bertz CT molecular complexity index is 1170. The van der Waals surface area contributed by atoms with E-state index in [0.29, 0.717) is 10.7 Å². The van der Waals surface area contributed by atoms with E-state index in [9.17, 15) is 14.7 Å². The van der Waals surface area contributed by atoms with Crippen LogP contribution in [0, 0.1) is 0 Å². The number of amides is 1. The lowest BCUT2D eigenvalue weighted by Gasteiger charge is -2.20. The number of thiazole rings is 1. The van der Waals surface area contributed by atoms with Crippen molar-refractivity contribution in [3.05, 3.63) is 63.6 Å². The van der Waals surface area contributed by atoms with Gasteiger partial charge in [0.05, 0.1) is 12.1 Å². The number of nitrogens with zero attached hydrogens (tertiary/aromatic N) is 1. The van der Waals surface area contributed by atoms with E-state index >= 15 is 0 Å². The normalized spacial score (nSPS) is 13.1. The fourth-order valence-electron chi connectivity index (χ4n) is 3.92. The van der Waals surface area contributed by atoms with Crippen LogP contribution in [-0.2, 0) is 28.9 Å². The lowest BCUT2D eigenvalue weighted by Crippen LogP contribution is -2.50. The van der Waals surface area contributed by atoms with Crippen LogP contribution in [0.5, 0.6) is 0 Å². The summed E-state index contributed by atoms with van der Waals surface area (Å²) in [4.78, 5) is 28.2. The van der Waals surface area contributed by atoms with Crippen LogP contribution >= 0.6 is 22.9 Å². The Morgan fingerprint density at radius 2 is 1.97 bits per heavy atom. The van der Waals surface area contributed by atoms with Crippen LogP contribution in [0.1, 0.15) is 37.1 Å². The molecule has 31 heavy (non-hydrogen) atoms. The van der Waals surface area contributed by atoms with Gasteiger partial charge in [-0.3, -0.25) is 4.79 Å². The summed E-state index contributed by atoms with van der Waals surface area (Å²) in [5.41, 5.74) is 5.26. The number of carbonyl (C=O) groups excluding carboxylic acids is 1. The van der Waals surface area contributed by atoms with Crippen LogP contribution in [0.25, 0.3) is 21.7 Å². The molecule has 1 aliphatic carbocycles. The summed E-state index contributed by atoms with van der Waals surface area (Å²) in [6.07, 6.45) is 3.34. The van der Waals surface area contributed by atoms with Gasteiger partial charge >= 0.3 is 5.97 Å². The largest absolute Gasteiger partial charge is 0.480 e. The third-order valence-electron chi connectivity index (χ3n) is 5.53. The highest BCUT2D eigenvalue weighted by atomic mass is 35.5. The molecule has 3 aromatic rings. The molecule has 1 aliphatic rings. The van der Waals surface area contributed by atoms with Crippen molar-refractivity contribution in [1.82, 2.24) is 10.3 Å². The number of aliphatic carboxylic acids is 1. The van der Waals surface area contributed by atoms with Gasteiger partial charge in [0.15, 0.2) is 0 Å².